The van der Waals surface area contributed by atoms with Gasteiger partial charge in [-0.25, -0.2) is 0 Å². The van der Waals surface area contributed by atoms with Gasteiger partial charge >= 0.3 is 5.97 Å². The molecule has 1 atom stereocenters. The van der Waals surface area contributed by atoms with Gasteiger partial charge in [0.25, 0.3) is 0 Å². The minimum atomic E-state index is -0.635. The zero-order valence-corrected chi connectivity index (χ0v) is 9.04. The van der Waals surface area contributed by atoms with Gasteiger partial charge in [-0.2, -0.15) is 0 Å². The van der Waals surface area contributed by atoms with Gasteiger partial charge in [0.2, 0.25) is 5.91 Å². The number of hydrogen-bond acceptors (Lipinski definition) is 5. The lowest BCUT2D eigenvalue weighted by Gasteiger charge is -2.12. The van der Waals surface area contributed by atoms with Crippen LogP contribution in [0.5, 0.6) is 0 Å². The topological polar surface area (TPSA) is 81.4 Å². The average molecular weight is 228 g/mol. The highest BCUT2D eigenvalue weighted by atomic mass is 32.1. The maximum atomic E-state index is 11.1. The molecule has 82 valence electrons. The number of carbonyl (C=O) groups is 2. The van der Waals surface area contributed by atoms with Crippen LogP contribution in [0.15, 0.2) is 17.5 Å². The van der Waals surface area contributed by atoms with Gasteiger partial charge < -0.3 is 10.5 Å². The summed E-state index contributed by atoms with van der Waals surface area (Å²) >= 11 is 1.40. The molecular formula is C9H12N2O3S. The molecule has 1 rings (SSSR count). The van der Waals surface area contributed by atoms with Gasteiger partial charge in [0, 0.05) is 4.88 Å². The summed E-state index contributed by atoms with van der Waals surface area (Å²) in [6.45, 7) is -0.0397. The predicted octanol–water partition coefficient (Wildman–Crippen LogP) is 0.0371. The fraction of sp³-hybridized carbons (Fsp3) is 0.333. The molecule has 1 aromatic heterocycles. The van der Waals surface area contributed by atoms with Gasteiger partial charge in [-0.1, -0.05) is 6.07 Å². The van der Waals surface area contributed by atoms with Crippen LogP contribution < -0.4 is 11.1 Å². The van der Waals surface area contributed by atoms with Crippen molar-refractivity contribution in [1.29, 1.82) is 0 Å². The molecule has 0 aliphatic heterocycles. The van der Waals surface area contributed by atoms with Crippen LogP contribution in [-0.4, -0.2) is 25.5 Å². The third kappa shape index (κ3) is 3.34. The van der Waals surface area contributed by atoms with Gasteiger partial charge in [0.15, 0.2) is 0 Å². The number of rotatable bonds is 5. The van der Waals surface area contributed by atoms with E-state index in [1.54, 1.807) is 6.07 Å². The number of methoxy groups -OCH3 is 1. The van der Waals surface area contributed by atoms with Gasteiger partial charge in [-0.15, -0.1) is 11.3 Å². The van der Waals surface area contributed by atoms with Crippen LogP contribution in [-0.2, 0) is 14.3 Å². The summed E-state index contributed by atoms with van der Waals surface area (Å²) in [6, 6.07) is 2.96. The Balaban J connectivity index is 2.60. The summed E-state index contributed by atoms with van der Waals surface area (Å²) in [7, 11) is 1.29. The van der Waals surface area contributed by atoms with Crippen LogP contribution in [0.2, 0.25) is 0 Å². The monoisotopic (exact) mass is 228 g/mol. The summed E-state index contributed by atoms with van der Waals surface area (Å²) in [6.07, 6.45) is 0. The second kappa shape index (κ2) is 5.47. The van der Waals surface area contributed by atoms with Crippen molar-refractivity contribution in [2.75, 3.05) is 13.7 Å². The molecule has 0 saturated carbocycles. The molecule has 0 aliphatic rings. The van der Waals surface area contributed by atoms with E-state index in [9.17, 15) is 9.59 Å². The molecule has 1 unspecified atom stereocenters. The molecule has 6 heteroatoms. The quantitative estimate of drug-likeness (QED) is 0.697. The normalized spacial score (nSPS) is 12.1. The SMILES string of the molecule is COC(=O)CNC(C(N)=O)c1cccs1. The Morgan fingerprint density at radius 2 is 2.40 bits per heavy atom. The second-order valence-electron chi connectivity index (χ2n) is 2.81. The van der Waals surface area contributed by atoms with E-state index in [0.717, 1.165) is 4.88 Å². The molecule has 15 heavy (non-hydrogen) atoms. The van der Waals surface area contributed by atoms with E-state index in [1.807, 2.05) is 11.4 Å². The Morgan fingerprint density at radius 1 is 1.67 bits per heavy atom. The standard InChI is InChI=1S/C9H12N2O3S/c1-14-7(12)5-11-8(9(10)13)6-3-2-4-15-6/h2-4,8,11H,5H2,1H3,(H2,10,13). The van der Waals surface area contributed by atoms with E-state index in [-0.39, 0.29) is 6.54 Å². The summed E-state index contributed by atoms with van der Waals surface area (Å²) in [4.78, 5) is 22.8. The third-order valence-corrected chi connectivity index (χ3v) is 2.73. The number of nitrogens with two attached hydrogens (primary N) is 1. The van der Waals surface area contributed by atoms with Crippen molar-refractivity contribution in [3.8, 4) is 0 Å². The smallest absolute Gasteiger partial charge is 0.319 e. The first kappa shape index (κ1) is 11.7. The maximum Gasteiger partial charge on any atom is 0.319 e. The van der Waals surface area contributed by atoms with Gasteiger partial charge in [-0.05, 0) is 11.4 Å². The number of esters is 1. The van der Waals surface area contributed by atoms with E-state index in [2.05, 4.69) is 10.1 Å². The van der Waals surface area contributed by atoms with Crippen molar-refractivity contribution in [3.63, 3.8) is 0 Å². The van der Waals surface area contributed by atoms with E-state index in [1.165, 1.54) is 18.4 Å². The molecule has 0 fully saturated rings. The van der Waals surface area contributed by atoms with Crippen LogP contribution in [0, 0.1) is 0 Å². The lowest BCUT2D eigenvalue weighted by atomic mass is 10.2. The number of hydrogen-bond donors (Lipinski definition) is 2. The third-order valence-electron chi connectivity index (χ3n) is 1.79. The summed E-state index contributed by atoms with van der Waals surface area (Å²) < 4.78 is 4.45. The van der Waals surface area contributed by atoms with E-state index >= 15 is 0 Å². The lowest BCUT2D eigenvalue weighted by molar-refractivity contribution is -0.139. The Morgan fingerprint density at radius 3 is 2.87 bits per heavy atom. The highest BCUT2D eigenvalue weighted by molar-refractivity contribution is 7.10. The Kier molecular flexibility index (Phi) is 4.26. The molecule has 0 saturated heterocycles. The molecule has 1 heterocycles. The van der Waals surface area contributed by atoms with Crippen molar-refractivity contribution in [1.82, 2.24) is 5.32 Å². The first-order chi connectivity index (χ1) is 7.15. The molecule has 0 aliphatic carbocycles. The zero-order chi connectivity index (χ0) is 11.3. The lowest BCUT2D eigenvalue weighted by Crippen LogP contribution is -2.36. The maximum absolute atomic E-state index is 11.1. The van der Waals surface area contributed by atoms with Crippen molar-refractivity contribution in [2.24, 2.45) is 5.73 Å². The van der Waals surface area contributed by atoms with Crippen molar-refractivity contribution in [3.05, 3.63) is 22.4 Å². The van der Waals surface area contributed by atoms with Gasteiger partial charge in [-0.3, -0.25) is 14.9 Å². The molecule has 3 N–H and O–H groups in total. The summed E-state index contributed by atoms with van der Waals surface area (Å²) in [5.41, 5.74) is 5.21. The van der Waals surface area contributed by atoms with Crippen LogP contribution in [0.4, 0.5) is 0 Å². The number of nitrogens with one attached hydrogen (secondary N) is 1. The largest absolute Gasteiger partial charge is 0.468 e. The number of carbonyl (C=O) groups excluding carboxylic acids is 2. The van der Waals surface area contributed by atoms with Gasteiger partial charge in [0.1, 0.15) is 6.04 Å². The highest BCUT2D eigenvalue weighted by Crippen LogP contribution is 2.18. The first-order valence-corrected chi connectivity index (χ1v) is 5.16. The Labute approximate surface area is 91.2 Å². The Hall–Kier alpha value is -1.40. The van der Waals surface area contributed by atoms with Crippen LogP contribution >= 0.6 is 11.3 Å². The number of amides is 1. The number of thiophene rings is 1. The molecule has 0 radical (unpaired) electrons. The zero-order valence-electron chi connectivity index (χ0n) is 8.23. The molecular weight excluding hydrogens is 216 g/mol. The van der Waals surface area contributed by atoms with E-state index < -0.39 is 17.9 Å². The fourth-order valence-electron chi connectivity index (χ4n) is 1.05. The van der Waals surface area contributed by atoms with E-state index in [4.69, 9.17) is 5.73 Å². The van der Waals surface area contributed by atoms with Crippen molar-refractivity contribution >= 4 is 23.2 Å². The van der Waals surface area contributed by atoms with Crippen molar-refractivity contribution < 1.29 is 14.3 Å². The summed E-state index contributed by atoms with van der Waals surface area (Å²) in [5, 5.41) is 4.57. The molecule has 1 aromatic rings. The molecule has 5 nitrogen and oxygen atoms in total. The van der Waals surface area contributed by atoms with E-state index in [0.29, 0.717) is 0 Å². The molecule has 0 bridgehead atoms. The number of primary amides is 1. The molecule has 1 amide bonds. The Bertz CT molecular complexity index is 337. The van der Waals surface area contributed by atoms with Crippen LogP contribution in [0.3, 0.4) is 0 Å². The highest BCUT2D eigenvalue weighted by Gasteiger charge is 2.19. The second-order valence-corrected chi connectivity index (χ2v) is 3.79. The molecule has 0 aromatic carbocycles. The summed E-state index contributed by atoms with van der Waals surface area (Å²) in [5.74, 6) is -0.945. The predicted molar refractivity (Wildman–Crippen MR) is 56.3 cm³/mol. The van der Waals surface area contributed by atoms with Crippen molar-refractivity contribution in [2.45, 2.75) is 6.04 Å². The fourth-order valence-corrected chi connectivity index (χ4v) is 1.86. The molecule has 0 spiro atoms. The average Bonchev–Trinajstić information content (AvgIpc) is 2.70. The first-order valence-electron chi connectivity index (χ1n) is 4.28. The minimum Gasteiger partial charge on any atom is -0.468 e. The minimum absolute atomic E-state index is 0.0397. The van der Waals surface area contributed by atoms with Gasteiger partial charge in [0.05, 0.1) is 13.7 Å². The number of ether oxygens (including phenoxy) is 1. The van der Waals surface area contributed by atoms with Crippen LogP contribution in [0.1, 0.15) is 10.9 Å². The van der Waals surface area contributed by atoms with Crippen LogP contribution in [0.25, 0.3) is 0 Å².